The van der Waals surface area contributed by atoms with Crippen molar-refractivity contribution in [2.45, 2.75) is 12.8 Å². The van der Waals surface area contributed by atoms with Gasteiger partial charge in [0.1, 0.15) is 0 Å². The minimum Gasteiger partial charge on any atom is -0.385 e. The lowest BCUT2D eigenvalue weighted by Gasteiger charge is -2.15. The molecule has 14 heavy (non-hydrogen) atoms. The molecule has 0 radical (unpaired) electrons. The van der Waals surface area contributed by atoms with Crippen LogP contribution in [0.1, 0.15) is 12.8 Å². The summed E-state index contributed by atoms with van der Waals surface area (Å²) in [6, 6.07) is 0. The molecule has 1 atom stereocenters. The van der Waals surface area contributed by atoms with Gasteiger partial charge in [-0.05, 0) is 12.8 Å². The number of hydrogen-bond donors (Lipinski definition) is 0. The zero-order valence-corrected chi connectivity index (χ0v) is 8.99. The Morgan fingerprint density at radius 2 is 2.07 bits per heavy atom. The maximum Gasteiger partial charge on any atom is 0.225 e. The molecule has 0 aliphatic carbocycles. The zero-order valence-electron chi connectivity index (χ0n) is 8.99. The average Bonchev–Trinajstić information content (AvgIpc) is 2.54. The maximum absolute atomic E-state index is 11.7. The quantitative estimate of drug-likeness (QED) is 0.629. The summed E-state index contributed by atoms with van der Waals surface area (Å²) < 4.78 is 9.92. The fourth-order valence-corrected chi connectivity index (χ4v) is 1.75. The first-order chi connectivity index (χ1) is 6.79. The van der Waals surface area contributed by atoms with Crippen molar-refractivity contribution in [3.05, 3.63) is 0 Å². The molecule has 1 amide bonds. The fraction of sp³-hybridized carbons (Fsp3) is 0.900. The van der Waals surface area contributed by atoms with Crippen LogP contribution in [-0.2, 0) is 14.3 Å². The molecular formula is C10H19NO3. The molecule has 1 fully saturated rings. The summed E-state index contributed by atoms with van der Waals surface area (Å²) in [4.78, 5) is 13.6. The number of carbonyl (C=O) groups excluding carboxylic acids is 1. The number of nitrogens with zero attached hydrogens (tertiary/aromatic N) is 1. The third-order valence-corrected chi connectivity index (χ3v) is 2.64. The fourth-order valence-electron chi connectivity index (χ4n) is 1.75. The van der Waals surface area contributed by atoms with E-state index >= 15 is 0 Å². The van der Waals surface area contributed by atoms with Gasteiger partial charge < -0.3 is 14.4 Å². The smallest absolute Gasteiger partial charge is 0.225 e. The van der Waals surface area contributed by atoms with Gasteiger partial charge in [0.2, 0.25) is 5.91 Å². The lowest BCUT2D eigenvalue weighted by atomic mass is 10.1. The lowest BCUT2D eigenvalue weighted by molar-refractivity contribution is -0.131. The molecule has 1 heterocycles. The summed E-state index contributed by atoms with van der Waals surface area (Å²) in [6.45, 7) is 2.90. The Balaban J connectivity index is 2.28. The van der Waals surface area contributed by atoms with Crippen molar-refractivity contribution in [3.63, 3.8) is 0 Å². The number of amides is 1. The van der Waals surface area contributed by atoms with Crippen LogP contribution >= 0.6 is 0 Å². The monoisotopic (exact) mass is 201 g/mol. The van der Waals surface area contributed by atoms with Gasteiger partial charge in [0, 0.05) is 39.8 Å². The van der Waals surface area contributed by atoms with E-state index in [4.69, 9.17) is 9.47 Å². The van der Waals surface area contributed by atoms with Gasteiger partial charge in [-0.25, -0.2) is 0 Å². The van der Waals surface area contributed by atoms with Gasteiger partial charge >= 0.3 is 0 Å². The summed E-state index contributed by atoms with van der Waals surface area (Å²) in [7, 11) is 3.32. The van der Waals surface area contributed by atoms with E-state index in [1.54, 1.807) is 14.2 Å². The van der Waals surface area contributed by atoms with E-state index in [-0.39, 0.29) is 11.8 Å². The van der Waals surface area contributed by atoms with E-state index < -0.39 is 0 Å². The van der Waals surface area contributed by atoms with Gasteiger partial charge in [-0.3, -0.25) is 4.79 Å². The first-order valence-corrected chi connectivity index (χ1v) is 5.06. The van der Waals surface area contributed by atoms with Crippen LogP contribution in [0.4, 0.5) is 0 Å². The molecule has 0 aromatic heterocycles. The number of ether oxygens (including phenoxy) is 2. The molecule has 1 saturated heterocycles. The van der Waals surface area contributed by atoms with Crippen molar-refractivity contribution in [1.29, 1.82) is 0 Å². The van der Waals surface area contributed by atoms with Gasteiger partial charge in [0.25, 0.3) is 0 Å². The number of methoxy groups -OCH3 is 2. The Bertz CT molecular complexity index is 166. The Labute approximate surface area is 85.2 Å². The van der Waals surface area contributed by atoms with Gasteiger partial charge in [0.15, 0.2) is 0 Å². The predicted octanol–water partition coefficient (Wildman–Crippen LogP) is 0.518. The minimum absolute atomic E-state index is 0.173. The molecule has 1 rings (SSSR count). The van der Waals surface area contributed by atoms with Crippen molar-refractivity contribution in [2.24, 2.45) is 5.92 Å². The number of carbonyl (C=O) groups is 1. The minimum atomic E-state index is 0.173. The summed E-state index contributed by atoms with van der Waals surface area (Å²) in [5, 5.41) is 0. The van der Waals surface area contributed by atoms with E-state index in [0.717, 1.165) is 25.9 Å². The zero-order chi connectivity index (χ0) is 10.4. The highest BCUT2D eigenvalue weighted by Gasteiger charge is 2.30. The average molecular weight is 201 g/mol. The molecule has 4 nitrogen and oxygen atoms in total. The van der Waals surface area contributed by atoms with E-state index in [0.29, 0.717) is 13.2 Å². The third-order valence-electron chi connectivity index (χ3n) is 2.64. The Kier molecular flexibility index (Phi) is 4.90. The number of hydrogen-bond acceptors (Lipinski definition) is 3. The summed E-state index contributed by atoms with van der Waals surface area (Å²) >= 11 is 0. The van der Waals surface area contributed by atoms with Crippen LogP contribution < -0.4 is 0 Å². The lowest BCUT2D eigenvalue weighted by Crippen LogP contribution is -2.30. The van der Waals surface area contributed by atoms with E-state index in [1.165, 1.54) is 0 Å². The molecule has 0 saturated carbocycles. The molecule has 82 valence electrons. The molecule has 0 bridgehead atoms. The number of likely N-dealkylation sites (tertiary alicyclic amines) is 1. The first-order valence-electron chi connectivity index (χ1n) is 5.06. The second-order valence-electron chi connectivity index (χ2n) is 3.59. The molecule has 4 heteroatoms. The van der Waals surface area contributed by atoms with Crippen molar-refractivity contribution < 1.29 is 14.3 Å². The molecule has 0 aromatic carbocycles. The first kappa shape index (κ1) is 11.5. The Morgan fingerprint density at radius 1 is 1.36 bits per heavy atom. The molecular weight excluding hydrogens is 182 g/mol. The summed E-state index contributed by atoms with van der Waals surface area (Å²) in [5.74, 6) is 0.436. The standard InChI is InChI=1S/C10H19NO3/c1-13-7-4-9-3-5-11(10(9)12)6-8-14-2/h9H,3-8H2,1-2H3. The van der Waals surface area contributed by atoms with Gasteiger partial charge in [-0.15, -0.1) is 0 Å². The van der Waals surface area contributed by atoms with E-state index in [1.807, 2.05) is 4.90 Å². The molecule has 1 aliphatic heterocycles. The van der Waals surface area contributed by atoms with Crippen molar-refractivity contribution in [3.8, 4) is 0 Å². The Morgan fingerprint density at radius 3 is 2.71 bits per heavy atom. The highest BCUT2D eigenvalue weighted by atomic mass is 16.5. The topological polar surface area (TPSA) is 38.8 Å². The number of rotatable bonds is 6. The third kappa shape index (κ3) is 2.96. The van der Waals surface area contributed by atoms with Crippen LogP contribution in [0.5, 0.6) is 0 Å². The summed E-state index contributed by atoms with van der Waals surface area (Å²) in [6.07, 6.45) is 1.81. The summed E-state index contributed by atoms with van der Waals surface area (Å²) in [5.41, 5.74) is 0. The molecule has 0 aromatic rings. The normalized spacial score (nSPS) is 22.0. The van der Waals surface area contributed by atoms with Gasteiger partial charge in [-0.1, -0.05) is 0 Å². The molecule has 0 spiro atoms. The van der Waals surface area contributed by atoms with E-state index in [9.17, 15) is 4.79 Å². The van der Waals surface area contributed by atoms with Gasteiger partial charge in [-0.2, -0.15) is 0 Å². The maximum atomic E-state index is 11.7. The van der Waals surface area contributed by atoms with Crippen molar-refractivity contribution in [2.75, 3.05) is 40.5 Å². The van der Waals surface area contributed by atoms with Crippen LogP contribution in [0, 0.1) is 5.92 Å². The second-order valence-corrected chi connectivity index (χ2v) is 3.59. The van der Waals surface area contributed by atoms with Crippen molar-refractivity contribution >= 4 is 5.91 Å². The second kappa shape index (κ2) is 5.98. The van der Waals surface area contributed by atoms with E-state index in [2.05, 4.69) is 0 Å². The van der Waals surface area contributed by atoms with Crippen LogP contribution in [0.25, 0.3) is 0 Å². The van der Waals surface area contributed by atoms with Crippen LogP contribution in [0.2, 0.25) is 0 Å². The highest BCUT2D eigenvalue weighted by Crippen LogP contribution is 2.20. The van der Waals surface area contributed by atoms with Crippen LogP contribution in [0.15, 0.2) is 0 Å². The molecule has 1 unspecified atom stereocenters. The Hall–Kier alpha value is -0.610. The largest absolute Gasteiger partial charge is 0.385 e. The molecule has 0 N–H and O–H groups in total. The SMILES string of the molecule is COCCC1CCN(CCOC)C1=O. The van der Waals surface area contributed by atoms with Crippen LogP contribution in [0.3, 0.4) is 0 Å². The molecule has 1 aliphatic rings. The van der Waals surface area contributed by atoms with Crippen molar-refractivity contribution in [1.82, 2.24) is 4.90 Å². The van der Waals surface area contributed by atoms with Gasteiger partial charge in [0.05, 0.1) is 6.61 Å². The highest BCUT2D eigenvalue weighted by molar-refractivity contribution is 5.80. The van der Waals surface area contributed by atoms with Crippen LogP contribution in [-0.4, -0.2) is 51.3 Å². The predicted molar refractivity (Wildman–Crippen MR) is 53.1 cm³/mol.